The molecule has 0 spiro atoms. The van der Waals surface area contributed by atoms with Crippen LogP contribution in [0, 0.1) is 27.7 Å². The first-order chi connectivity index (χ1) is 21.9. The van der Waals surface area contributed by atoms with E-state index in [9.17, 15) is 0 Å². The van der Waals surface area contributed by atoms with Gasteiger partial charge in [0, 0.05) is 0 Å². The number of rotatable bonds is 10. The predicted octanol–water partition coefficient (Wildman–Crippen LogP) is 7.22. The largest absolute Gasteiger partial charge is 1.00 e. The van der Waals surface area contributed by atoms with Gasteiger partial charge in [0.2, 0.25) is 0 Å². The third-order valence-corrected chi connectivity index (χ3v) is 24.4. The summed E-state index contributed by atoms with van der Waals surface area (Å²) in [6.45, 7) is 14.1. The number of aryl methyl sites for hydroxylation is 4. The fourth-order valence-electron chi connectivity index (χ4n) is 9.09. The van der Waals surface area contributed by atoms with Crippen molar-refractivity contribution in [1.29, 1.82) is 0 Å². The zero-order valence-electron chi connectivity index (χ0n) is 29.2. The molecule has 3 heteroatoms. The molecule has 1 fully saturated rings. The summed E-state index contributed by atoms with van der Waals surface area (Å²) in [5.41, 5.74) is 21.7. The number of fused-ring (bicyclic) bond motifs is 2. The maximum absolute atomic E-state index is 2.83. The number of hydrogen-bond acceptors (Lipinski definition) is 0. The van der Waals surface area contributed by atoms with Gasteiger partial charge in [-0.3, -0.25) is 0 Å². The van der Waals surface area contributed by atoms with E-state index in [0.717, 1.165) is 0 Å². The summed E-state index contributed by atoms with van der Waals surface area (Å²) in [7, 11) is 0. The zero-order valence-corrected chi connectivity index (χ0v) is 33.1. The minimum absolute atomic E-state index is 0. The van der Waals surface area contributed by atoms with Crippen molar-refractivity contribution in [3.05, 3.63) is 128 Å². The zero-order chi connectivity index (χ0) is 31.3. The van der Waals surface area contributed by atoms with Gasteiger partial charge in [-0.1, -0.05) is 0 Å². The second-order valence-corrected chi connectivity index (χ2v) is 25.7. The predicted molar refractivity (Wildman–Crippen MR) is 193 cm³/mol. The Balaban J connectivity index is 0.00000217. The molecule has 0 amide bonds. The summed E-state index contributed by atoms with van der Waals surface area (Å²) in [5, 5.41) is 0. The van der Waals surface area contributed by atoms with Crippen molar-refractivity contribution in [3.8, 4) is 22.3 Å². The SMILES string of the molecule is CCCCC1=Cc2c(-c3ccccc3C)ccc(C)c2[CH]1[Zr+2]1([CH]2C(CCCC)=Cc3c(-c4ccccc4C)ccc(C)c32)[CH2][CH2]1.[Cl-].[Cl-]. The molecule has 0 aromatic heterocycles. The molecule has 1 heterocycles. The fraction of sp³-hybridized carbons (Fsp3) is 0.364. The van der Waals surface area contributed by atoms with Crippen molar-refractivity contribution in [2.24, 2.45) is 0 Å². The van der Waals surface area contributed by atoms with Gasteiger partial charge >= 0.3 is 279 Å². The van der Waals surface area contributed by atoms with Crippen LogP contribution in [0.3, 0.4) is 0 Å². The summed E-state index contributed by atoms with van der Waals surface area (Å²) in [6.07, 6.45) is 13.1. The van der Waals surface area contributed by atoms with E-state index in [0.29, 0.717) is 7.25 Å². The molecule has 0 saturated carbocycles. The second kappa shape index (κ2) is 14.7. The van der Waals surface area contributed by atoms with Crippen molar-refractivity contribution in [2.45, 2.75) is 95.6 Å². The quantitative estimate of drug-likeness (QED) is 0.161. The van der Waals surface area contributed by atoms with Crippen LogP contribution in [0.1, 0.15) is 104 Å². The molecule has 47 heavy (non-hydrogen) atoms. The third-order valence-electron chi connectivity index (χ3n) is 11.5. The molecule has 2 atom stereocenters. The average molecular weight is 741 g/mol. The van der Waals surface area contributed by atoms with Gasteiger partial charge in [-0.05, 0) is 0 Å². The standard InChI is InChI=1S/2C21H23.C2H4.2ClH.Zr/c2*1-4-5-9-17-13-20-16(3)11-12-19(21(20)14-17)18-10-7-6-8-15(18)2;1-2;;;/h2*6-8,10-14H,4-5,9H2,1-3H3;1-2H2;2*1H;/q;;;;;+2/p-2. The molecule has 4 aromatic carbocycles. The van der Waals surface area contributed by atoms with E-state index in [-0.39, 0.29) is 24.8 Å². The van der Waals surface area contributed by atoms with E-state index in [1.165, 1.54) is 91.3 Å². The fourth-order valence-corrected chi connectivity index (χ4v) is 27.1. The Hall–Kier alpha value is -2.18. The van der Waals surface area contributed by atoms with Crippen LogP contribution in [0.5, 0.6) is 0 Å². The number of allylic oxidation sites excluding steroid dienone is 2. The molecule has 2 aliphatic carbocycles. The molecule has 2 unspecified atom stereocenters. The minimum Gasteiger partial charge on any atom is -1.00 e. The first-order valence-electron chi connectivity index (χ1n) is 17.7. The van der Waals surface area contributed by atoms with Gasteiger partial charge in [-0.2, -0.15) is 0 Å². The molecule has 0 nitrogen and oxygen atoms in total. The molecule has 244 valence electrons. The third kappa shape index (κ3) is 6.24. The Labute approximate surface area is 301 Å². The monoisotopic (exact) mass is 738 g/mol. The first-order valence-corrected chi connectivity index (χ1v) is 24.0. The number of benzene rings is 4. The molecule has 0 bridgehead atoms. The molecule has 0 radical (unpaired) electrons. The number of unbranched alkanes of at least 4 members (excludes halogenated alkanes) is 2. The van der Waals surface area contributed by atoms with E-state index in [1.54, 1.807) is 33.4 Å². The van der Waals surface area contributed by atoms with Gasteiger partial charge in [0.1, 0.15) is 0 Å². The van der Waals surface area contributed by atoms with E-state index in [2.05, 4.69) is 126 Å². The molecular formula is C44H50Cl2Zr. The second-order valence-electron chi connectivity index (χ2n) is 14.4. The molecule has 0 N–H and O–H groups in total. The van der Waals surface area contributed by atoms with E-state index < -0.39 is 20.3 Å². The van der Waals surface area contributed by atoms with Crippen molar-refractivity contribution < 1.29 is 45.1 Å². The molecule has 1 aliphatic heterocycles. The summed E-state index contributed by atoms with van der Waals surface area (Å²) in [5.74, 6) is 0. The smallest absolute Gasteiger partial charge is 1.00 e. The maximum Gasteiger partial charge on any atom is -1.00 e. The van der Waals surface area contributed by atoms with Crippen LogP contribution in [0.2, 0.25) is 8.26 Å². The normalized spacial score (nSPS) is 17.7. The van der Waals surface area contributed by atoms with Crippen molar-refractivity contribution >= 4 is 12.2 Å². The minimum atomic E-state index is -2.83. The average Bonchev–Trinajstić information content (AvgIpc) is 3.57. The van der Waals surface area contributed by atoms with Crippen molar-refractivity contribution in [3.63, 3.8) is 0 Å². The summed E-state index contributed by atoms with van der Waals surface area (Å²) in [4.78, 5) is 0. The summed E-state index contributed by atoms with van der Waals surface area (Å²) >= 11 is -2.83. The Kier molecular flexibility index (Phi) is 11.3. The van der Waals surface area contributed by atoms with E-state index in [4.69, 9.17) is 0 Å². The number of halogens is 2. The Morgan fingerprint density at radius 1 is 0.511 bits per heavy atom. The van der Waals surface area contributed by atoms with Crippen LogP contribution in [0.4, 0.5) is 0 Å². The Bertz CT molecular complexity index is 1710. The number of hydrogen-bond donors (Lipinski definition) is 0. The Morgan fingerprint density at radius 3 is 1.28 bits per heavy atom. The van der Waals surface area contributed by atoms with Crippen LogP contribution in [-0.4, -0.2) is 0 Å². The van der Waals surface area contributed by atoms with Crippen molar-refractivity contribution in [2.75, 3.05) is 0 Å². The van der Waals surface area contributed by atoms with Gasteiger partial charge in [0.15, 0.2) is 0 Å². The van der Waals surface area contributed by atoms with Crippen LogP contribution >= 0.6 is 0 Å². The summed E-state index contributed by atoms with van der Waals surface area (Å²) in [6, 6.07) is 27.9. The molecule has 1 saturated heterocycles. The van der Waals surface area contributed by atoms with Gasteiger partial charge in [-0.25, -0.2) is 0 Å². The van der Waals surface area contributed by atoms with Crippen molar-refractivity contribution in [1.82, 2.24) is 0 Å². The van der Waals surface area contributed by atoms with Crippen LogP contribution in [0.25, 0.3) is 34.4 Å². The Morgan fingerprint density at radius 2 is 0.915 bits per heavy atom. The molecule has 7 rings (SSSR count). The van der Waals surface area contributed by atoms with Crippen LogP contribution < -0.4 is 24.8 Å². The van der Waals surface area contributed by atoms with Gasteiger partial charge in [0.25, 0.3) is 0 Å². The topological polar surface area (TPSA) is 0 Å². The van der Waals surface area contributed by atoms with Gasteiger partial charge in [-0.15, -0.1) is 0 Å². The molecular weight excluding hydrogens is 691 g/mol. The van der Waals surface area contributed by atoms with Gasteiger partial charge in [0.05, 0.1) is 0 Å². The van der Waals surface area contributed by atoms with E-state index >= 15 is 0 Å². The van der Waals surface area contributed by atoms with Gasteiger partial charge < -0.3 is 24.8 Å². The molecule has 4 aromatic rings. The van der Waals surface area contributed by atoms with E-state index in [1.807, 2.05) is 0 Å². The first kappa shape index (κ1) is 36.1. The summed E-state index contributed by atoms with van der Waals surface area (Å²) < 4.78 is 4.45. The molecule has 3 aliphatic rings. The van der Waals surface area contributed by atoms with Crippen LogP contribution in [0.15, 0.2) is 83.9 Å². The maximum atomic E-state index is 2.71. The van der Waals surface area contributed by atoms with Crippen LogP contribution in [-0.2, 0) is 20.3 Å².